The van der Waals surface area contributed by atoms with Gasteiger partial charge in [-0.2, -0.15) is 11.8 Å². The average molecular weight is 257 g/mol. The van der Waals surface area contributed by atoms with Crippen LogP contribution in [-0.4, -0.2) is 29.0 Å². The van der Waals surface area contributed by atoms with Gasteiger partial charge in [-0.05, 0) is 24.5 Å². The molecule has 0 fully saturated rings. The number of hydrogen-bond acceptors (Lipinski definition) is 3. The highest BCUT2D eigenvalue weighted by Gasteiger charge is 2.10. The van der Waals surface area contributed by atoms with Gasteiger partial charge in [0.05, 0.1) is 11.3 Å². The van der Waals surface area contributed by atoms with Gasteiger partial charge in [0.15, 0.2) is 0 Å². The van der Waals surface area contributed by atoms with Crippen molar-refractivity contribution < 1.29 is 19.1 Å². The van der Waals surface area contributed by atoms with E-state index in [1.165, 1.54) is 23.9 Å². The van der Waals surface area contributed by atoms with Crippen LogP contribution in [0.2, 0.25) is 0 Å². The van der Waals surface area contributed by atoms with Gasteiger partial charge < -0.3 is 10.4 Å². The Labute approximate surface area is 102 Å². The van der Waals surface area contributed by atoms with E-state index in [9.17, 15) is 14.0 Å². The minimum Gasteiger partial charge on any atom is -0.478 e. The van der Waals surface area contributed by atoms with Crippen LogP contribution < -0.4 is 5.32 Å². The smallest absolute Gasteiger partial charge is 0.335 e. The summed E-state index contributed by atoms with van der Waals surface area (Å²) in [6.45, 7) is 0. The van der Waals surface area contributed by atoms with Crippen LogP contribution in [0.3, 0.4) is 0 Å². The molecule has 1 aromatic carbocycles. The quantitative estimate of drug-likeness (QED) is 0.848. The minimum absolute atomic E-state index is 0.00102. The van der Waals surface area contributed by atoms with Crippen LogP contribution in [0.25, 0.3) is 0 Å². The standard InChI is InChI=1S/C11H12FNO3S/c1-17-5-4-10(14)13-9-3-2-7(11(15)16)6-8(9)12/h2-3,6H,4-5H2,1H3,(H,13,14)(H,15,16). The zero-order valence-corrected chi connectivity index (χ0v) is 10.0. The first kappa shape index (κ1) is 13.5. The Hall–Kier alpha value is -1.56. The fourth-order valence-corrected chi connectivity index (χ4v) is 1.55. The molecule has 1 rings (SSSR count). The van der Waals surface area contributed by atoms with Crippen LogP contribution in [0, 0.1) is 5.82 Å². The molecule has 6 heteroatoms. The van der Waals surface area contributed by atoms with Crippen LogP contribution in [0.5, 0.6) is 0 Å². The lowest BCUT2D eigenvalue weighted by molar-refractivity contribution is -0.115. The molecule has 17 heavy (non-hydrogen) atoms. The van der Waals surface area contributed by atoms with Gasteiger partial charge in [-0.25, -0.2) is 9.18 Å². The molecule has 4 nitrogen and oxygen atoms in total. The number of amides is 1. The molecule has 92 valence electrons. The number of carbonyl (C=O) groups excluding carboxylic acids is 1. The van der Waals surface area contributed by atoms with E-state index in [1.54, 1.807) is 0 Å². The zero-order chi connectivity index (χ0) is 12.8. The van der Waals surface area contributed by atoms with E-state index >= 15 is 0 Å². The maximum absolute atomic E-state index is 13.4. The molecule has 0 aromatic heterocycles. The Morgan fingerprint density at radius 2 is 2.18 bits per heavy atom. The number of hydrogen-bond donors (Lipinski definition) is 2. The number of carboxylic acids is 1. The van der Waals surface area contributed by atoms with Gasteiger partial charge in [0.2, 0.25) is 5.91 Å². The summed E-state index contributed by atoms with van der Waals surface area (Å²) in [5, 5.41) is 11.0. The van der Waals surface area contributed by atoms with E-state index < -0.39 is 11.8 Å². The second-order valence-electron chi connectivity index (χ2n) is 3.29. The molecule has 0 aliphatic heterocycles. The minimum atomic E-state index is -1.20. The van der Waals surface area contributed by atoms with Crippen LogP contribution in [0.1, 0.15) is 16.8 Å². The predicted octanol–water partition coefficient (Wildman–Crippen LogP) is 2.22. The highest BCUT2D eigenvalue weighted by molar-refractivity contribution is 7.98. The number of aromatic carboxylic acids is 1. The monoisotopic (exact) mass is 257 g/mol. The molecule has 0 radical (unpaired) electrons. The molecule has 0 atom stereocenters. The summed E-state index contributed by atoms with van der Waals surface area (Å²) in [6.07, 6.45) is 2.16. The fourth-order valence-electron chi connectivity index (χ4n) is 1.16. The summed E-state index contributed by atoms with van der Waals surface area (Å²) in [5.74, 6) is -1.59. The van der Waals surface area contributed by atoms with Crippen molar-refractivity contribution in [3.8, 4) is 0 Å². The summed E-state index contributed by atoms with van der Waals surface area (Å²) < 4.78 is 13.4. The van der Waals surface area contributed by atoms with Gasteiger partial charge in [0.1, 0.15) is 5.82 Å². The molecule has 0 aliphatic rings. The number of anilines is 1. The summed E-state index contributed by atoms with van der Waals surface area (Å²) >= 11 is 1.52. The molecule has 0 unspecified atom stereocenters. The van der Waals surface area contributed by atoms with Gasteiger partial charge >= 0.3 is 5.97 Å². The van der Waals surface area contributed by atoms with Crippen molar-refractivity contribution >= 4 is 29.3 Å². The third-order valence-electron chi connectivity index (χ3n) is 2.02. The van der Waals surface area contributed by atoms with Crippen LogP contribution in [0.4, 0.5) is 10.1 Å². The fraction of sp³-hybridized carbons (Fsp3) is 0.273. The predicted molar refractivity (Wildman–Crippen MR) is 65.0 cm³/mol. The van der Waals surface area contributed by atoms with Crippen molar-refractivity contribution in [1.29, 1.82) is 0 Å². The van der Waals surface area contributed by atoms with Gasteiger partial charge in [-0.15, -0.1) is 0 Å². The number of rotatable bonds is 5. The van der Waals surface area contributed by atoms with E-state index in [0.29, 0.717) is 12.2 Å². The van der Waals surface area contributed by atoms with E-state index in [4.69, 9.17) is 5.11 Å². The molecule has 0 aliphatic carbocycles. The van der Waals surface area contributed by atoms with E-state index in [2.05, 4.69) is 5.32 Å². The third kappa shape index (κ3) is 4.07. The normalized spacial score (nSPS) is 10.0. The average Bonchev–Trinajstić information content (AvgIpc) is 2.28. The molecule has 1 aromatic rings. The van der Waals surface area contributed by atoms with Gasteiger partial charge in [-0.1, -0.05) is 0 Å². The van der Waals surface area contributed by atoms with Crippen molar-refractivity contribution in [2.24, 2.45) is 0 Å². The van der Waals surface area contributed by atoms with Crippen molar-refractivity contribution in [3.05, 3.63) is 29.6 Å². The molecule has 1 amide bonds. The Bertz CT molecular complexity index is 437. The third-order valence-corrected chi connectivity index (χ3v) is 2.64. The molecule has 2 N–H and O–H groups in total. The van der Waals surface area contributed by atoms with Crippen molar-refractivity contribution in [3.63, 3.8) is 0 Å². The Balaban J connectivity index is 2.72. The SMILES string of the molecule is CSCCC(=O)Nc1ccc(C(=O)O)cc1F. The molecule has 0 bridgehead atoms. The maximum atomic E-state index is 13.4. The molecule has 0 saturated heterocycles. The Morgan fingerprint density at radius 1 is 1.47 bits per heavy atom. The first-order chi connectivity index (χ1) is 8.04. The lowest BCUT2D eigenvalue weighted by Gasteiger charge is -2.06. The molecule has 0 spiro atoms. The molecule has 0 saturated carbocycles. The Morgan fingerprint density at radius 3 is 2.71 bits per heavy atom. The number of thioether (sulfide) groups is 1. The summed E-state index contributed by atoms with van der Waals surface area (Å²) in [4.78, 5) is 21.9. The maximum Gasteiger partial charge on any atom is 0.335 e. The number of carboxylic acid groups (broad SMARTS) is 1. The van der Waals surface area contributed by atoms with E-state index in [0.717, 1.165) is 6.07 Å². The van der Waals surface area contributed by atoms with Gasteiger partial charge in [0.25, 0.3) is 0 Å². The van der Waals surface area contributed by atoms with Crippen LogP contribution in [0.15, 0.2) is 18.2 Å². The van der Waals surface area contributed by atoms with Crippen LogP contribution in [-0.2, 0) is 4.79 Å². The summed E-state index contributed by atoms with van der Waals surface area (Å²) in [6, 6.07) is 3.37. The highest BCUT2D eigenvalue weighted by Crippen LogP contribution is 2.16. The van der Waals surface area contributed by atoms with E-state index in [-0.39, 0.29) is 17.2 Å². The lowest BCUT2D eigenvalue weighted by Crippen LogP contribution is -2.13. The first-order valence-electron chi connectivity index (χ1n) is 4.86. The van der Waals surface area contributed by atoms with E-state index in [1.807, 2.05) is 6.26 Å². The zero-order valence-electron chi connectivity index (χ0n) is 9.20. The molecular weight excluding hydrogens is 245 g/mol. The summed E-state index contributed by atoms with van der Waals surface area (Å²) in [5.41, 5.74) is -0.147. The highest BCUT2D eigenvalue weighted by atomic mass is 32.2. The first-order valence-corrected chi connectivity index (χ1v) is 6.25. The van der Waals surface area contributed by atoms with Crippen molar-refractivity contribution in [2.45, 2.75) is 6.42 Å². The summed E-state index contributed by atoms with van der Waals surface area (Å²) in [7, 11) is 0. The second-order valence-corrected chi connectivity index (χ2v) is 4.28. The number of carbonyl (C=O) groups is 2. The largest absolute Gasteiger partial charge is 0.478 e. The number of nitrogens with one attached hydrogen (secondary N) is 1. The van der Waals surface area contributed by atoms with Gasteiger partial charge in [-0.3, -0.25) is 4.79 Å². The molecular formula is C11H12FNO3S. The van der Waals surface area contributed by atoms with Crippen molar-refractivity contribution in [2.75, 3.05) is 17.3 Å². The number of benzene rings is 1. The Kier molecular flexibility index (Phi) is 4.96. The van der Waals surface area contributed by atoms with Crippen molar-refractivity contribution in [1.82, 2.24) is 0 Å². The lowest BCUT2D eigenvalue weighted by atomic mass is 10.2. The molecule has 0 heterocycles. The van der Waals surface area contributed by atoms with Gasteiger partial charge in [0, 0.05) is 12.2 Å². The number of halogens is 1. The van der Waals surface area contributed by atoms with Crippen LogP contribution >= 0.6 is 11.8 Å². The second kappa shape index (κ2) is 6.24. The topological polar surface area (TPSA) is 66.4 Å².